The van der Waals surface area contributed by atoms with Crippen molar-refractivity contribution in [3.05, 3.63) is 210 Å². The largest absolute Gasteiger partial charge is 0.334 e. The number of hydrogen-bond acceptors (Lipinski definition) is 4. The van der Waals surface area contributed by atoms with Gasteiger partial charge in [-0.25, -0.2) is 0 Å². The van der Waals surface area contributed by atoms with Gasteiger partial charge in [0.2, 0.25) is 0 Å². The molecule has 1 saturated carbocycles. The summed E-state index contributed by atoms with van der Waals surface area (Å²) < 4.78 is 2.64. The smallest absolute Gasteiger partial charge is 0.252 e. The highest BCUT2D eigenvalue weighted by atomic mass is 32.1. The first-order valence-electron chi connectivity index (χ1n) is 31.1. The van der Waals surface area contributed by atoms with Crippen LogP contribution in [0.2, 0.25) is 0 Å². The zero-order chi connectivity index (χ0) is 56.7. The van der Waals surface area contributed by atoms with Crippen molar-refractivity contribution in [3.8, 4) is 22.3 Å². The molecular formula is C78H76BN3S. The molecule has 0 saturated heterocycles. The molecule has 3 aliphatic heterocycles. The molecule has 16 rings (SSSR count). The molecule has 1 fully saturated rings. The van der Waals surface area contributed by atoms with Crippen molar-refractivity contribution in [1.82, 2.24) is 0 Å². The third-order valence-electron chi connectivity index (χ3n) is 22.3. The molecule has 9 aromatic carbocycles. The fourth-order valence-corrected chi connectivity index (χ4v) is 18.3. The van der Waals surface area contributed by atoms with Crippen LogP contribution in [0.25, 0.3) is 42.4 Å². The first-order valence-corrected chi connectivity index (χ1v) is 31.9. The Balaban J connectivity index is 1.06. The Kier molecular flexibility index (Phi) is 10.9. The monoisotopic (exact) mass is 1100 g/mol. The number of nitrogens with zero attached hydrogens (tertiary/aromatic N) is 3. The minimum absolute atomic E-state index is 0.00733. The van der Waals surface area contributed by atoms with Crippen LogP contribution in [0, 0.1) is 0 Å². The fraction of sp³-hybridized carbons (Fsp3) is 0.308. The Morgan fingerprint density at radius 3 is 1.65 bits per heavy atom. The summed E-state index contributed by atoms with van der Waals surface area (Å²) in [6, 6.07) is 71.8. The Bertz CT molecular complexity index is 4350. The first-order chi connectivity index (χ1) is 39.9. The summed E-state index contributed by atoms with van der Waals surface area (Å²) in [4.78, 5) is 8.38. The predicted octanol–water partition coefficient (Wildman–Crippen LogP) is 19.9. The molecular weight excluding hydrogens is 1020 g/mol. The minimum atomic E-state index is -0.194. The minimum Gasteiger partial charge on any atom is -0.334 e. The summed E-state index contributed by atoms with van der Waals surface area (Å²) in [5.74, 6) is 0. The van der Waals surface area contributed by atoms with Crippen LogP contribution >= 0.6 is 11.3 Å². The van der Waals surface area contributed by atoms with E-state index in [4.69, 9.17) is 0 Å². The SMILES string of the molecule is CC1(C)CCC(C)(C)c2cc(N3c4cc5c(cc4B4c6ccc(-c7ccccc7)cc6N(c6cccc7c6sc6ccccc67)c6cc(N7c8ccc(-c9ccccc9)cc8C8(C)CCCCC78C)cc3c64)C(C)(C)CCC5(C)C)ccc21. The highest BCUT2D eigenvalue weighted by Gasteiger charge is 2.58. The normalized spacial score (nSPS) is 21.9. The van der Waals surface area contributed by atoms with Crippen molar-refractivity contribution in [2.24, 2.45) is 0 Å². The van der Waals surface area contributed by atoms with E-state index in [9.17, 15) is 0 Å². The lowest BCUT2D eigenvalue weighted by atomic mass is 9.33. The van der Waals surface area contributed by atoms with Gasteiger partial charge in [-0.1, -0.05) is 196 Å². The van der Waals surface area contributed by atoms with Crippen molar-refractivity contribution in [2.45, 2.75) is 153 Å². The summed E-state index contributed by atoms with van der Waals surface area (Å²) in [6.45, 7) is 25.2. The molecule has 1 aromatic heterocycles. The summed E-state index contributed by atoms with van der Waals surface area (Å²) in [6.07, 6.45) is 9.36. The second kappa shape index (κ2) is 17.6. The number of fused-ring (bicyclic) bond motifs is 12. The van der Waals surface area contributed by atoms with Gasteiger partial charge in [-0.05, 0) is 194 Å². The number of hydrogen-bond donors (Lipinski definition) is 0. The van der Waals surface area contributed by atoms with Crippen LogP contribution in [-0.4, -0.2) is 12.3 Å². The molecule has 83 heavy (non-hydrogen) atoms. The average Bonchev–Trinajstić information content (AvgIpc) is 3.04. The summed E-state index contributed by atoms with van der Waals surface area (Å²) >= 11 is 1.94. The molecule has 0 bridgehead atoms. The van der Waals surface area contributed by atoms with Gasteiger partial charge in [0.05, 0.1) is 15.9 Å². The highest BCUT2D eigenvalue weighted by molar-refractivity contribution is 7.26. The molecule has 5 heteroatoms. The van der Waals surface area contributed by atoms with Crippen LogP contribution in [0.1, 0.15) is 148 Å². The van der Waals surface area contributed by atoms with Crippen molar-refractivity contribution in [3.63, 3.8) is 0 Å². The fourth-order valence-electron chi connectivity index (χ4n) is 17.1. The zero-order valence-electron chi connectivity index (χ0n) is 50.3. The Hall–Kier alpha value is -7.34. The van der Waals surface area contributed by atoms with Gasteiger partial charge in [-0.3, -0.25) is 0 Å². The summed E-state index contributed by atoms with van der Waals surface area (Å²) in [5, 5.41) is 2.63. The van der Waals surface area contributed by atoms with Crippen LogP contribution in [0.3, 0.4) is 0 Å². The van der Waals surface area contributed by atoms with Crippen LogP contribution in [0.15, 0.2) is 182 Å². The molecule has 0 spiro atoms. The van der Waals surface area contributed by atoms with Crippen molar-refractivity contribution < 1.29 is 0 Å². The Labute approximate surface area is 497 Å². The van der Waals surface area contributed by atoms with E-state index in [0.29, 0.717) is 0 Å². The van der Waals surface area contributed by atoms with Crippen molar-refractivity contribution in [2.75, 3.05) is 14.7 Å². The van der Waals surface area contributed by atoms with E-state index >= 15 is 0 Å². The van der Waals surface area contributed by atoms with E-state index in [-0.39, 0.29) is 39.3 Å². The van der Waals surface area contributed by atoms with Gasteiger partial charge >= 0.3 is 0 Å². The first kappa shape index (κ1) is 51.3. The molecule has 0 amide bonds. The van der Waals surface area contributed by atoms with E-state index in [1.165, 1.54) is 151 Å². The van der Waals surface area contributed by atoms with Crippen LogP contribution in [-0.2, 0) is 27.1 Å². The van der Waals surface area contributed by atoms with Gasteiger partial charge in [0.25, 0.3) is 6.71 Å². The maximum absolute atomic E-state index is 2.86. The lowest BCUT2D eigenvalue weighted by Gasteiger charge is -2.51. The van der Waals surface area contributed by atoms with E-state index in [0.717, 1.165) is 32.1 Å². The van der Waals surface area contributed by atoms with Gasteiger partial charge in [0, 0.05) is 60.7 Å². The topological polar surface area (TPSA) is 9.72 Å². The second-order valence-electron chi connectivity index (χ2n) is 28.9. The van der Waals surface area contributed by atoms with Crippen LogP contribution in [0.4, 0.5) is 45.5 Å². The van der Waals surface area contributed by atoms with Crippen LogP contribution < -0.4 is 31.1 Å². The number of rotatable bonds is 5. The Morgan fingerprint density at radius 2 is 0.940 bits per heavy atom. The maximum Gasteiger partial charge on any atom is 0.252 e. The molecule has 0 radical (unpaired) electrons. The molecule has 6 aliphatic rings. The molecule has 2 unspecified atom stereocenters. The maximum atomic E-state index is 2.86. The van der Waals surface area contributed by atoms with Gasteiger partial charge in [0.15, 0.2) is 0 Å². The average molecular weight is 1100 g/mol. The third-order valence-corrected chi connectivity index (χ3v) is 23.5. The third kappa shape index (κ3) is 7.28. The lowest BCUT2D eigenvalue weighted by Crippen LogP contribution is -2.62. The quantitative estimate of drug-likeness (QED) is 0.159. The molecule has 4 heterocycles. The molecule has 10 aromatic rings. The zero-order valence-corrected chi connectivity index (χ0v) is 51.1. The molecule has 2 atom stereocenters. The van der Waals surface area contributed by atoms with Gasteiger partial charge < -0.3 is 14.7 Å². The summed E-state index contributed by atoms with van der Waals surface area (Å²) in [5.41, 5.74) is 26.8. The van der Waals surface area contributed by atoms with Gasteiger partial charge in [-0.2, -0.15) is 0 Å². The summed E-state index contributed by atoms with van der Waals surface area (Å²) in [7, 11) is 0. The standard InChI is InChI=1S/C78H76BN3S/c1-73(2)38-39-74(3,4)58-44-53(32-33-57(58)73)80-67-48-60-59(75(5,6)40-41-76(60,7)8)47-63(67)79-62-34-30-52(50-24-15-12-16-25-50)43-66(62)81(65-28-21-27-56-55-26-17-18-29-70(55)83-72(56)65)69-46-54(45-68(80)71(69)79)82-64-35-31-51(49-22-13-11-14-23-49)42-61(64)77(9)36-19-20-37-78(77,82)10/h11-18,21-35,42-48H,19-20,36-41H2,1-10H3. The van der Waals surface area contributed by atoms with Crippen LogP contribution in [0.5, 0.6) is 0 Å². The molecule has 0 N–H and O–H groups in total. The van der Waals surface area contributed by atoms with E-state index in [1.54, 1.807) is 0 Å². The van der Waals surface area contributed by atoms with Crippen molar-refractivity contribution >= 4 is 100 Å². The van der Waals surface area contributed by atoms with Gasteiger partial charge in [-0.15, -0.1) is 11.3 Å². The van der Waals surface area contributed by atoms with Gasteiger partial charge in [0.1, 0.15) is 0 Å². The predicted molar refractivity (Wildman–Crippen MR) is 358 cm³/mol. The molecule has 3 aliphatic carbocycles. The van der Waals surface area contributed by atoms with E-state index in [2.05, 4.69) is 266 Å². The van der Waals surface area contributed by atoms with E-state index in [1.807, 2.05) is 11.3 Å². The number of benzene rings is 9. The molecule has 3 nitrogen and oxygen atoms in total. The number of thiophene rings is 1. The molecule has 412 valence electrons. The highest BCUT2D eigenvalue weighted by Crippen LogP contribution is 2.63. The lowest BCUT2D eigenvalue weighted by molar-refractivity contribution is 0.195. The van der Waals surface area contributed by atoms with Crippen molar-refractivity contribution in [1.29, 1.82) is 0 Å². The Morgan fingerprint density at radius 1 is 0.361 bits per heavy atom. The van der Waals surface area contributed by atoms with E-state index < -0.39 is 0 Å². The number of anilines is 8. The second-order valence-corrected chi connectivity index (χ2v) is 29.9.